The molecular weight excluding hydrogens is 459 g/mol. The van der Waals surface area contributed by atoms with Gasteiger partial charge in [0.15, 0.2) is 0 Å². The number of sulfone groups is 1. The molecule has 1 saturated heterocycles. The second-order valence-corrected chi connectivity index (χ2v) is 8.91. The van der Waals surface area contributed by atoms with Crippen LogP contribution in [0, 0.1) is 0 Å². The first-order valence-electron chi connectivity index (χ1n) is 9.29. The van der Waals surface area contributed by atoms with Gasteiger partial charge in [-0.3, -0.25) is 9.59 Å². The normalized spacial score (nSPS) is 15.2. The van der Waals surface area contributed by atoms with E-state index in [4.69, 9.17) is 0 Å². The highest BCUT2D eigenvalue weighted by Gasteiger charge is 2.31. The van der Waals surface area contributed by atoms with E-state index in [1.54, 1.807) is 0 Å². The Labute approximate surface area is 180 Å². The summed E-state index contributed by atoms with van der Waals surface area (Å²) >= 11 is 0. The topological polar surface area (TPSA) is 74.8 Å². The van der Waals surface area contributed by atoms with Gasteiger partial charge >= 0.3 is 11.9 Å². The molecule has 0 unspecified atom stereocenters. The summed E-state index contributed by atoms with van der Waals surface area (Å²) in [5.74, 6) is -4.50. The summed E-state index contributed by atoms with van der Waals surface area (Å²) in [6.45, 7) is 0.567. The van der Waals surface area contributed by atoms with Gasteiger partial charge in [0.25, 0.3) is 11.8 Å². The third-order valence-electron chi connectivity index (χ3n) is 4.98. The lowest BCUT2D eigenvalue weighted by atomic mass is 10.1. The molecule has 6 nitrogen and oxygen atoms in total. The van der Waals surface area contributed by atoms with Crippen molar-refractivity contribution in [2.75, 3.05) is 26.2 Å². The SMILES string of the molecule is O=C(c1ccc(C(F)(F)F)cc1)N1CCN(C(=O)c2ccc(S(=O)(=O)C(F)F)cc2)CC1. The predicted molar refractivity (Wildman–Crippen MR) is 103 cm³/mol. The highest BCUT2D eigenvalue weighted by molar-refractivity contribution is 7.91. The fourth-order valence-corrected chi connectivity index (χ4v) is 3.89. The van der Waals surface area contributed by atoms with Gasteiger partial charge in [-0.15, -0.1) is 0 Å². The van der Waals surface area contributed by atoms with Gasteiger partial charge in [-0.2, -0.15) is 22.0 Å². The number of carbonyl (C=O) groups is 2. The quantitative estimate of drug-likeness (QED) is 0.635. The smallest absolute Gasteiger partial charge is 0.335 e. The minimum absolute atomic E-state index is 0.0913. The lowest BCUT2D eigenvalue weighted by Crippen LogP contribution is -2.50. The molecule has 1 fully saturated rings. The highest BCUT2D eigenvalue weighted by atomic mass is 32.2. The largest absolute Gasteiger partial charge is 0.416 e. The summed E-state index contributed by atoms with van der Waals surface area (Å²) in [6.07, 6.45) is -4.50. The van der Waals surface area contributed by atoms with E-state index in [1.807, 2.05) is 0 Å². The van der Waals surface area contributed by atoms with E-state index in [9.17, 15) is 40.0 Å². The van der Waals surface area contributed by atoms with Gasteiger partial charge in [0.2, 0.25) is 9.84 Å². The molecule has 1 aliphatic rings. The zero-order chi connectivity index (χ0) is 23.7. The van der Waals surface area contributed by atoms with Crippen molar-refractivity contribution in [3.63, 3.8) is 0 Å². The molecule has 0 saturated carbocycles. The Balaban J connectivity index is 1.61. The van der Waals surface area contributed by atoms with Crippen molar-refractivity contribution in [3.8, 4) is 0 Å². The molecule has 0 aromatic heterocycles. The number of halogens is 5. The van der Waals surface area contributed by atoms with Crippen LogP contribution in [0.1, 0.15) is 26.3 Å². The van der Waals surface area contributed by atoms with Crippen LogP contribution in [-0.2, 0) is 16.0 Å². The van der Waals surface area contributed by atoms with Crippen LogP contribution in [0.25, 0.3) is 0 Å². The van der Waals surface area contributed by atoms with Crippen LogP contribution in [0.4, 0.5) is 22.0 Å². The van der Waals surface area contributed by atoms with Crippen molar-refractivity contribution in [1.29, 1.82) is 0 Å². The Morgan fingerprint density at radius 1 is 0.750 bits per heavy atom. The van der Waals surface area contributed by atoms with Gasteiger partial charge in [-0.1, -0.05) is 0 Å². The van der Waals surface area contributed by atoms with E-state index in [-0.39, 0.29) is 37.3 Å². The van der Waals surface area contributed by atoms with Crippen molar-refractivity contribution in [2.24, 2.45) is 0 Å². The molecule has 2 amide bonds. The van der Waals surface area contributed by atoms with Crippen LogP contribution in [0.5, 0.6) is 0 Å². The van der Waals surface area contributed by atoms with Crippen LogP contribution in [-0.4, -0.2) is 62.0 Å². The lowest BCUT2D eigenvalue weighted by molar-refractivity contribution is -0.137. The number of piperazine rings is 1. The van der Waals surface area contributed by atoms with Gasteiger partial charge in [-0.05, 0) is 48.5 Å². The lowest BCUT2D eigenvalue weighted by Gasteiger charge is -2.35. The molecule has 0 spiro atoms. The van der Waals surface area contributed by atoms with Crippen LogP contribution < -0.4 is 0 Å². The van der Waals surface area contributed by atoms with Gasteiger partial charge in [-0.25, -0.2) is 8.42 Å². The number of hydrogen-bond acceptors (Lipinski definition) is 4. The van der Waals surface area contributed by atoms with Crippen molar-refractivity contribution < 1.29 is 40.0 Å². The Kier molecular flexibility index (Phi) is 6.54. The minimum atomic E-state index is -4.76. The average molecular weight is 476 g/mol. The third kappa shape index (κ3) is 4.90. The van der Waals surface area contributed by atoms with Crippen LogP contribution in [0.15, 0.2) is 53.4 Å². The Morgan fingerprint density at radius 2 is 1.12 bits per heavy atom. The average Bonchev–Trinajstić information content (AvgIpc) is 2.77. The van der Waals surface area contributed by atoms with Gasteiger partial charge in [0, 0.05) is 37.3 Å². The summed E-state index contributed by atoms with van der Waals surface area (Å²) in [6, 6.07) is 7.97. The molecule has 0 aliphatic carbocycles. The van der Waals surface area contributed by atoms with Crippen LogP contribution >= 0.6 is 0 Å². The number of amides is 2. The number of carbonyl (C=O) groups excluding carboxylic acids is 2. The molecule has 3 rings (SSSR count). The molecule has 1 heterocycles. The number of rotatable bonds is 4. The van der Waals surface area contributed by atoms with E-state index in [0.29, 0.717) is 0 Å². The van der Waals surface area contributed by atoms with Crippen molar-refractivity contribution in [2.45, 2.75) is 16.8 Å². The number of benzene rings is 2. The maximum atomic E-state index is 12.7. The fourth-order valence-electron chi connectivity index (χ4n) is 3.17. The molecule has 2 aromatic carbocycles. The van der Waals surface area contributed by atoms with Crippen molar-refractivity contribution in [3.05, 3.63) is 65.2 Å². The first kappa shape index (κ1) is 23.6. The van der Waals surface area contributed by atoms with Crippen LogP contribution in [0.2, 0.25) is 0 Å². The van der Waals surface area contributed by atoms with Gasteiger partial charge < -0.3 is 9.80 Å². The first-order chi connectivity index (χ1) is 14.9. The van der Waals surface area contributed by atoms with E-state index in [2.05, 4.69) is 0 Å². The van der Waals surface area contributed by atoms with Gasteiger partial charge in [0.1, 0.15) is 0 Å². The number of hydrogen-bond donors (Lipinski definition) is 0. The van der Waals surface area contributed by atoms with Crippen LogP contribution in [0.3, 0.4) is 0 Å². The monoisotopic (exact) mass is 476 g/mol. The molecular formula is C20H17F5N2O4S. The van der Waals surface area contributed by atoms with E-state index < -0.39 is 44.0 Å². The summed E-state index contributed by atoms with van der Waals surface area (Å²) in [7, 11) is -4.76. The molecule has 0 bridgehead atoms. The maximum absolute atomic E-state index is 12.7. The molecule has 172 valence electrons. The third-order valence-corrected chi connectivity index (χ3v) is 6.38. The Morgan fingerprint density at radius 3 is 1.47 bits per heavy atom. The first-order valence-corrected chi connectivity index (χ1v) is 10.8. The summed E-state index contributed by atoms with van der Waals surface area (Å²) in [5.41, 5.74) is -0.675. The molecule has 1 aliphatic heterocycles. The zero-order valence-electron chi connectivity index (χ0n) is 16.4. The zero-order valence-corrected chi connectivity index (χ0v) is 17.2. The number of alkyl halides is 5. The predicted octanol–water partition coefficient (Wildman–Crippen LogP) is 3.30. The van der Waals surface area contributed by atoms with E-state index in [0.717, 1.165) is 48.5 Å². The fraction of sp³-hybridized carbons (Fsp3) is 0.300. The van der Waals surface area contributed by atoms with Gasteiger partial charge in [0.05, 0.1) is 10.5 Å². The molecule has 2 aromatic rings. The second-order valence-electron chi connectivity index (χ2n) is 6.99. The van der Waals surface area contributed by atoms with Crippen molar-refractivity contribution >= 4 is 21.7 Å². The second kappa shape index (κ2) is 8.85. The summed E-state index contributed by atoms with van der Waals surface area (Å²) < 4.78 is 86.1. The molecule has 12 heteroatoms. The Hall–Kier alpha value is -3.02. The molecule has 0 radical (unpaired) electrons. The van der Waals surface area contributed by atoms with E-state index >= 15 is 0 Å². The standard InChI is InChI=1S/C20H17F5N2O4S/c21-19(22)32(30,31)16-7-3-14(4-8-16)18(29)27-11-9-26(10-12-27)17(28)13-1-5-15(6-2-13)20(23,24)25/h1-8,19H,9-12H2. The van der Waals surface area contributed by atoms with E-state index in [1.165, 1.54) is 9.80 Å². The highest BCUT2D eigenvalue weighted by Crippen LogP contribution is 2.29. The maximum Gasteiger partial charge on any atom is 0.416 e. The Bertz CT molecular complexity index is 1090. The molecule has 0 N–H and O–H groups in total. The molecule has 0 atom stereocenters. The number of nitrogens with zero attached hydrogens (tertiary/aromatic N) is 2. The van der Waals surface area contributed by atoms with Crippen molar-refractivity contribution in [1.82, 2.24) is 9.80 Å². The molecule has 32 heavy (non-hydrogen) atoms. The summed E-state index contributed by atoms with van der Waals surface area (Å²) in [4.78, 5) is 27.3. The minimum Gasteiger partial charge on any atom is -0.335 e. The summed E-state index contributed by atoms with van der Waals surface area (Å²) in [5, 5.41) is 0.